The van der Waals surface area contributed by atoms with E-state index in [0.29, 0.717) is 25.9 Å². The van der Waals surface area contributed by atoms with E-state index in [4.69, 9.17) is 9.47 Å². The van der Waals surface area contributed by atoms with E-state index in [1.807, 2.05) is 24.3 Å². The highest BCUT2D eigenvalue weighted by Gasteiger charge is 2.50. The molecule has 4 unspecified atom stereocenters. The highest BCUT2D eigenvalue weighted by Crippen LogP contribution is 2.44. The minimum Gasteiger partial charge on any atom is -0.480 e. The topological polar surface area (TPSA) is 105 Å². The molecule has 35 heavy (non-hydrogen) atoms. The monoisotopic (exact) mass is 478 g/mol. The zero-order valence-electron chi connectivity index (χ0n) is 19.7. The van der Waals surface area contributed by atoms with Gasteiger partial charge in [-0.25, -0.2) is 9.59 Å². The number of alkyl carbamates (subject to hydrolysis) is 1. The Morgan fingerprint density at radius 1 is 1.11 bits per heavy atom. The van der Waals surface area contributed by atoms with E-state index >= 15 is 0 Å². The van der Waals surface area contributed by atoms with Crippen LogP contribution in [0, 0.1) is 5.92 Å². The number of amides is 2. The van der Waals surface area contributed by atoms with Gasteiger partial charge in [0.15, 0.2) is 0 Å². The molecule has 3 aliphatic rings. The predicted molar refractivity (Wildman–Crippen MR) is 128 cm³/mol. The van der Waals surface area contributed by atoms with Gasteiger partial charge < -0.3 is 24.8 Å². The highest BCUT2D eigenvalue weighted by atomic mass is 16.5. The molecule has 2 aromatic carbocycles. The predicted octanol–water partition coefficient (Wildman–Crippen LogP) is 3.39. The van der Waals surface area contributed by atoms with Crippen molar-refractivity contribution in [2.24, 2.45) is 5.92 Å². The zero-order valence-corrected chi connectivity index (χ0v) is 19.7. The van der Waals surface area contributed by atoms with Gasteiger partial charge in [-0.15, -0.1) is 0 Å². The third-order valence-electron chi connectivity index (χ3n) is 7.47. The molecule has 0 radical (unpaired) electrons. The number of carbonyl (C=O) groups is 3. The number of fused-ring (bicyclic) bond motifs is 4. The van der Waals surface area contributed by atoms with Crippen molar-refractivity contribution in [2.75, 3.05) is 19.8 Å². The van der Waals surface area contributed by atoms with Crippen molar-refractivity contribution < 1.29 is 29.0 Å². The summed E-state index contributed by atoms with van der Waals surface area (Å²) in [6.45, 7) is 2.80. The first-order valence-corrected chi connectivity index (χ1v) is 12.2. The van der Waals surface area contributed by atoms with Crippen molar-refractivity contribution in [1.82, 2.24) is 10.2 Å². The molecule has 2 N–H and O–H groups in total. The van der Waals surface area contributed by atoms with Crippen LogP contribution in [0.15, 0.2) is 48.5 Å². The van der Waals surface area contributed by atoms with Gasteiger partial charge in [0.25, 0.3) is 0 Å². The average molecular weight is 479 g/mol. The first kappa shape index (κ1) is 23.4. The van der Waals surface area contributed by atoms with Crippen LogP contribution < -0.4 is 5.32 Å². The third kappa shape index (κ3) is 4.38. The van der Waals surface area contributed by atoms with Gasteiger partial charge in [-0.3, -0.25) is 4.79 Å². The second-order valence-corrected chi connectivity index (χ2v) is 9.54. The molecular weight excluding hydrogens is 448 g/mol. The Bertz CT molecular complexity index is 1090. The third-order valence-corrected chi connectivity index (χ3v) is 7.47. The lowest BCUT2D eigenvalue weighted by molar-refractivity contribution is -0.151. The lowest BCUT2D eigenvalue weighted by atomic mass is 9.98. The smallest absolute Gasteiger partial charge is 0.407 e. The number of aliphatic carboxylic acids is 1. The summed E-state index contributed by atoms with van der Waals surface area (Å²) in [7, 11) is 0. The van der Waals surface area contributed by atoms with Crippen LogP contribution in [-0.4, -0.2) is 65.9 Å². The van der Waals surface area contributed by atoms with Crippen molar-refractivity contribution in [2.45, 2.75) is 50.3 Å². The van der Waals surface area contributed by atoms with E-state index in [-0.39, 0.29) is 37.1 Å². The number of nitrogens with zero attached hydrogens (tertiary/aromatic N) is 1. The number of benzene rings is 2. The number of hydrogen-bond donors (Lipinski definition) is 2. The first-order valence-electron chi connectivity index (χ1n) is 12.2. The van der Waals surface area contributed by atoms with Crippen LogP contribution in [0.3, 0.4) is 0 Å². The number of hydrogen-bond acceptors (Lipinski definition) is 5. The zero-order chi connectivity index (χ0) is 24.5. The van der Waals surface area contributed by atoms with Crippen molar-refractivity contribution >= 4 is 18.0 Å². The molecule has 0 aromatic heterocycles. The van der Waals surface area contributed by atoms with Crippen molar-refractivity contribution in [3.05, 3.63) is 59.7 Å². The second kappa shape index (κ2) is 9.70. The molecule has 2 saturated heterocycles. The number of carboxylic acids is 1. The molecule has 4 atom stereocenters. The minimum atomic E-state index is -1.000. The largest absolute Gasteiger partial charge is 0.480 e. The van der Waals surface area contributed by atoms with Crippen LogP contribution in [-0.2, 0) is 19.1 Å². The van der Waals surface area contributed by atoms with Crippen LogP contribution in [0.1, 0.15) is 43.2 Å². The molecule has 8 heteroatoms. The normalized spacial score (nSPS) is 23.3. The summed E-state index contributed by atoms with van der Waals surface area (Å²) >= 11 is 0. The Kier molecular flexibility index (Phi) is 6.47. The highest BCUT2D eigenvalue weighted by molar-refractivity contribution is 5.86. The van der Waals surface area contributed by atoms with Crippen LogP contribution in [0.5, 0.6) is 0 Å². The number of ether oxygens (including phenoxy) is 2. The molecule has 1 aliphatic carbocycles. The van der Waals surface area contributed by atoms with E-state index in [1.165, 1.54) is 16.0 Å². The fourth-order valence-corrected chi connectivity index (χ4v) is 5.70. The van der Waals surface area contributed by atoms with E-state index in [1.54, 1.807) is 6.92 Å². The quantitative estimate of drug-likeness (QED) is 0.632. The van der Waals surface area contributed by atoms with E-state index in [2.05, 4.69) is 29.6 Å². The molecule has 2 amide bonds. The lowest BCUT2D eigenvalue weighted by Gasteiger charge is -2.29. The summed E-state index contributed by atoms with van der Waals surface area (Å²) in [4.78, 5) is 38.7. The van der Waals surface area contributed by atoms with E-state index in [9.17, 15) is 19.5 Å². The molecule has 0 spiro atoms. The fourth-order valence-electron chi connectivity index (χ4n) is 5.70. The first-order chi connectivity index (χ1) is 17.0. The Balaban J connectivity index is 1.13. The average Bonchev–Trinajstić information content (AvgIpc) is 3.54. The standard InChI is InChI=1S/C27H30N2O6/c1-16(25(30)29-22-11-13-34-24(22)14-23(29)26(31)32)10-12-28-27(33)35-15-21-19-8-4-2-6-17(19)18-7-3-5-9-20(18)21/h2-9,16,21-24H,10-15H2,1H3,(H,28,33)(H,31,32). The summed E-state index contributed by atoms with van der Waals surface area (Å²) in [6, 6.07) is 15.3. The molecule has 2 heterocycles. The Labute approximate surface area is 204 Å². The van der Waals surface area contributed by atoms with Gasteiger partial charge in [0.2, 0.25) is 5.91 Å². The van der Waals surface area contributed by atoms with E-state index < -0.39 is 24.0 Å². The van der Waals surface area contributed by atoms with Crippen molar-refractivity contribution in [3.8, 4) is 11.1 Å². The van der Waals surface area contributed by atoms with Gasteiger partial charge in [-0.2, -0.15) is 0 Å². The van der Waals surface area contributed by atoms with Crippen LogP contribution >= 0.6 is 0 Å². The van der Waals surface area contributed by atoms with Crippen LogP contribution in [0.25, 0.3) is 11.1 Å². The molecule has 2 fully saturated rings. The SMILES string of the molecule is CC(CCNC(=O)OCC1c2ccccc2-c2ccccc21)C(=O)N1C(C(=O)O)CC2OCCC21. The Morgan fingerprint density at radius 3 is 2.43 bits per heavy atom. The van der Waals surface area contributed by atoms with Gasteiger partial charge >= 0.3 is 12.1 Å². The molecule has 2 aromatic rings. The molecule has 5 rings (SSSR count). The molecular formula is C27H30N2O6. The number of carbonyl (C=O) groups excluding carboxylic acids is 2. The van der Waals surface area contributed by atoms with Gasteiger partial charge in [0, 0.05) is 31.4 Å². The molecule has 2 aliphatic heterocycles. The summed E-state index contributed by atoms with van der Waals surface area (Å²) in [5.41, 5.74) is 4.63. The molecule has 0 bridgehead atoms. The molecule has 184 valence electrons. The van der Waals surface area contributed by atoms with Gasteiger partial charge in [-0.1, -0.05) is 55.5 Å². The number of nitrogens with one attached hydrogen (secondary N) is 1. The summed E-state index contributed by atoms with van der Waals surface area (Å²) in [5, 5.41) is 12.3. The fraction of sp³-hybridized carbons (Fsp3) is 0.444. The lowest BCUT2D eigenvalue weighted by Crippen LogP contribution is -2.48. The number of likely N-dealkylation sites (tertiary alicyclic amines) is 1. The second-order valence-electron chi connectivity index (χ2n) is 9.54. The maximum atomic E-state index is 13.1. The van der Waals surface area contributed by atoms with Crippen LogP contribution in [0.2, 0.25) is 0 Å². The van der Waals surface area contributed by atoms with Gasteiger partial charge in [-0.05, 0) is 35.1 Å². The maximum absolute atomic E-state index is 13.1. The molecule has 8 nitrogen and oxygen atoms in total. The van der Waals surface area contributed by atoms with Crippen molar-refractivity contribution in [3.63, 3.8) is 0 Å². The number of rotatable bonds is 7. The summed E-state index contributed by atoms with van der Waals surface area (Å²) in [6.07, 6.45) is 0.650. The summed E-state index contributed by atoms with van der Waals surface area (Å²) in [5.74, 6) is -1.64. The van der Waals surface area contributed by atoms with E-state index in [0.717, 1.165) is 11.1 Å². The Morgan fingerprint density at radius 2 is 1.77 bits per heavy atom. The van der Waals surface area contributed by atoms with Gasteiger partial charge in [0.1, 0.15) is 12.6 Å². The summed E-state index contributed by atoms with van der Waals surface area (Å²) < 4.78 is 11.2. The minimum absolute atomic E-state index is 0.0154. The van der Waals surface area contributed by atoms with Crippen molar-refractivity contribution in [1.29, 1.82) is 0 Å². The Hall–Kier alpha value is -3.39. The van der Waals surface area contributed by atoms with Gasteiger partial charge in [0.05, 0.1) is 12.1 Å². The number of carboxylic acid groups (broad SMARTS) is 1. The maximum Gasteiger partial charge on any atom is 0.407 e. The molecule has 0 saturated carbocycles. The van der Waals surface area contributed by atoms with Crippen LogP contribution in [0.4, 0.5) is 4.79 Å².